The minimum Gasteiger partial charge on any atom is -0.339 e. The molecule has 0 saturated heterocycles. The summed E-state index contributed by atoms with van der Waals surface area (Å²) < 4.78 is 42.2. The number of hydrogen-bond donors (Lipinski definition) is 1. The van der Waals surface area contributed by atoms with Crippen LogP contribution >= 0.6 is 0 Å². The molecule has 1 N–H and O–H groups in total. The van der Waals surface area contributed by atoms with Gasteiger partial charge in [-0.05, 0) is 66.7 Å². The van der Waals surface area contributed by atoms with Gasteiger partial charge in [0.05, 0.1) is 11.1 Å². The lowest BCUT2D eigenvalue weighted by Crippen LogP contribution is -1.97. The summed E-state index contributed by atoms with van der Waals surface area (Å²) in [5, 5.41) is 6.05. The molecule has 2 aromatic heterocycles. The molecule has 0 aliphatic heterocycles. The molecule has 5 aromatic rings. The fraction of sp³-hybridized carbons (Fsp3) is 0. The lowest BCUT2D eigenvalue weighted by atomic mass is 10.1. The van der Waals surface area contributed by atoms with E-state index in [2.05, 4.69) is 10.1 Å². The van der Waals surface area contributed by atoms with Gasteiger partial charge >= 0.3 is 0 Å². The maximum atomic E-state index is 13.9. The van der Waals surface area contributed by atoms with E-state index in [1.807, 2.05) is 0 Å². The highest BCUT2D eigenvalue weighted by Gasteiger charge is 2.19. The Balaban J connectivity index is 1.87. The van der Waals surface area contributed by atoms with Gasteiger partial charge < -0.3 is 4.98 Å². The quantitative estimate of drug-likeness (QED) is 0.436. The van der Waals surface area contributed by atoms with Crippen LogP contribution in [0.4, 0.5) is 13.2 Å². The summed E-state index contributed by atoms with van der Waals surface area (Å²) >= 11 is 0. The van der Waals surface area contributed by atoms with E-state index in [4.69, 9.17) is 0 Å². The van der Waals surface area contributed by atoms with Gasteiger partial charge in [-0.2, -0.15) is 5.10 Å². The van der Waals surface area contributed by atoms with Crippen LogP contribution < -0.4 is 0 Å². The van der Waals surface area contributed by atoms with Crippen LogP contribution in [-0.4, -0.2) is 14.8 Å². The van der Waals surface area contributed by atoms with Crippen LogP contribution in [0.2, 0.25) is 0 Å². The van der Waals surface area contributed by atoms with Crippen LogP contribution in [0.5, 0.6) is 0 Å². The smallest absolute Gasteiger partial charge is 0.142 e. The highest BCUT2D eigenvalue weighted by Crippen LogP contribution is 2.35. The predicted octanol–water partition coefficient (Wildman–Crippen LogP) is 5.59. The second-order valence-corrected chi connectivity index (χ2v) is 6.28. The lowest BCUT2D eigenvalue weighted by Gasteiger charge is -2.02. The minimum atomic E-state index is -0.358. The van der Waals surface area contributed by atoms with Crippen molar-refractivity contribution in [2.45, 2.75) is 0 Å². The van der Waals surface area contributed by atoms with Crippen molar-refractivity contribution in [3.8, 4) is 16.9 Å². The van der Waals surface area contributed by atoms with Crippen LogP contribution in [0.3, 0.4) is 0 Å². The third-order valence-corrected chi connectivity index (χ3v) is 4.58. The van der Waals surface area contributed by atoms with Gasteiger partial charge in [0.25, 0.3) is 0 Å². The van der Waals surface area contributed by atoms with Crippen molar-refractivity contribution < 1.29 is 13.2 Å². The van der Waals surface area contributed by atoms with Crippen molar-refractivity contribution in [3.05, 3.63) is 84.2 Å². The molecule has 0 bridgehead atoms. The van der Waals surface area contributed by atoms with E-state index in [1.165, 1.54) is 36.4 Å². The number of halogens is 3. The minimum absolute atomic E-state index is 0.348. The number of hydrogen-bond acceptors (Lipinski definition) is 1. The molecule has 0 fully saturated rings. The number of fused-ring (bicyclic) bond motifs is 3. The van der Waals surface area contributed by atoms with Crippen molar-refractivity contribution in [2.75, 3.05) is 0 Å². The Kier molecular flexibility index (Phi) is 3.33. The fourth-order valence-corrected chi connectivity index (χ4v) is 3.33. The number of benzene rings is 3. The third-order valence-electron chi connectivity index (χ3n) is 4.58. The van der Waals surface area contributed by atoms with Gasteiger partial charge in [-0.3, -0.25) is 0 Å². The van der Waals surface area contributed by atoms with Crippen molar-refractivity contribution in [1.29, 1.82) is 0 Å². The number of nitrogens with zero attached hydrogens (tertiary/aromatic N) is 2. The Morgan fingerprint density at radius 2 is 1.37 bits per heavy atom. The topological polar surface area (TPSA) is 33.6 Å². The molecule has 5 rings (SSSR count). The van der Waals surface area contributed by atoms with Gasteiger partial charge in [-0.15, -0.1) is 0 Å². The van der Waals surface area contributed by atoms with Crippen molar-refractivity contribution >= 4 is 21.9 Å². The van der Waals surface area contributed by atoms with E-state index < -0.39 is 0 Å². The van der Waals surface area contributed by atoms with Crippen molar-refractivity contribution in [2.24, 2.45) is 0 Å². The van der Waals surface area contributed by atoms with Crippen LogP contribution in [-0.2, 0) is 0 Å². The molecule has 0 unspecified atom stereocenters. The first kappa shape index (κ1) is 15.7. The number of nitrogens with one attached hydrogen (secondary N) is 1. The van der Waals surface area contributed by atoms with Gasteiger partial charge in [-0.1, -0.05) is 0 Å². The van der Waals surface area contributed by atoms with Crippen LogP contribution in [0.15, 0.2) is 66.7 Å². The molecule has 0 amide bonds. The number of H-pyrrole nitrogens is 1. The van der Waals surface area contributed by atoms with Crippen LogP contribution in [0.1, 0.15) is 0 Å². The normalized spacial score (nSPS) is 11.5. The Morgan fingerprint density at radius 3 is 2.07 bits per heavy atom. The molecule has 132 valence electrons. The first-order chi connectivity index (χ1) is 13.1. The highest BCUT2D eigenvalue weighted by atomic mass is 19.1. The van der Waals surface area contributed by atoms with Crippen molar-refractivity contribution in [3.63, 3.8) is 0 Å². The second kappa shape index (κ2) is 5.74. The van der Waals surface area contributed by atoms with E-state index in [0.29, 0.717) is 28.0 Å². The molecule has 0 aliphatic rings. The Morgan fingerprint density at radius 1 is 0.741 bits per heavy atom. The molecule has 3 nitrogen and oxygen atoms in total. The summed E-state index contributed by atoms with van der Waals surface area (Å²) in [6.07, 6.45) is 0. The third kappa shape index (κ3) is 2.49. The molecule has 2 heterocycles. The number of aromatic amines is 1. The van der Waals surface area contributed by atoms with E-state index >= 15 is 0 Å². The molecule has 3 aromatic carbocycles. The Labute approximate surface area is 151 Å². The van der Waals surface area contributed by atoms with Gasteiger partial charge in [-0.25, -0.2) is 17.9 Å². The SMILES string of the molecule is Fc1ccc(-c2nn(-c3ccc(F)cc3)c3[nH]c4ccc(F)cc4c23)cc1. The number of rotatable bonds is 2. The standard InChI is InChI=1S/C21H12F3N3/c22-13-3-1-12(2-4-13)20-19-17-11-15(24)7-10-18(17)25-21(19)27(26-20)16-8-5-14(23)6-9-16/h1-11,25H. The maximum absolute atomic E-state index is 13.9. The summed E-state index contributed by atoms with van der Waals surface area (Å²) in [6, 6.07) is 16.4. The zero-order valence-electron chi connectivity index (χ0n) is 13.9. The van der Waals surface area contributed by atoms with E-state index in [9.17, 15) is 13.2 Å². The van der Waals surface area contributed by atoms with Gasteiger partial charge in [0.1, 0.15) is 28.8 Å². The highest BCUT2D eigenvalue weighted by molar-refractivity contribution is 6.12. The van der Waals surface area contributed by atoms with Gasteiger partial charge in [0, 0.05) is 16.5 Å². The molecule has 0 spiro atoms. The van der Waals surface area contributed by atoms with E-state index in [-0.39, 0.29) is 17.5 Å². The maximum Gasteiger partial charge on any atom is 0.142 e. The largest absolute Gasteiger partial charge is 0.339 e. The van der Waals surface area contributed by atoms with E-state index in [1.54, 1.807) is 35.0 Å². The Bertz CT molecular complexity index is 1280. The molecule has 0 aliphatic carbocycles. The average Bonchev–Trinajstić information content (AvgIpc) is 3.21. The van der Waals surface area contributed by atoms with Gasteiger partial charge in [0.15, 0.2) is 0 Å². The Hall–Kier alpha value is -3.54. The van der Waals surface area contributed by atoms with Crippen molar-refractivity contribution in [1.82, 2.24) is 14.8 Å². The summed E-state index contributed by atoms with van der Waals surface area (Å²) in [5.74, 6) is -1.06. The second-order valence-electron chi connectivity index (χ2n) is 6.28. The van der Waals surface area contributed by atoms with Crippen LogP contribution in [0.25, 0.3) is 38.9 Å². The summed E-state index contributed by atoms with van der Waals surface area (Å²) in [4.78, 5) is 3.25. The zero-order chi connectivity index (χ0) is 18.5. The molecule has 27 heavy (non-hydrogen) atoms. The lowest BCUT2D eigenvalue weighted by molar-refractivity contribution is 0.627. The van der Waals surface area contributed by atoms with Crippen LogP contribution in [0, 0.1) is 17.5 Å². The summed E-state index contributed by atoms with van der Waals surface area (Å²) in [6.45, 7) is 0. The molecular formula is C21H12F3N3. The molecule has 6 heteroatoms. The molecule has 0 saturated carbocycles. The first-order valence-electron chi connectivity index (χ1n) is 8.32. The number of aromatic nitrogens is 3. The zero-order valence-corrected chi connectivity index (χ0v) is 13.9. The summed E-state index contributed by atoms with van der Waals surface area (Å²) in [5.41, 5.74) is 3.35. The van der Waals surface area contributed by atoms with Gasteiger partial charge in [0.2, 0.25) is 0 Å². The monoisotopic (exact) mass is 363 g/mol. The molecular weight excluding hydrogens is 351 g/mol. The summed E-state index contributed by atoms with van der Waals surface area (Å²) in [7, 11) is 0. The average molecular weight is 363 g/mol. The first-order valence-corrected chi connectivity index (χ1v) is 8.32. The fourth-order valence-electron chi connectivity index (χ4n) is 3.33. The molecule has 0 radical (unpaired) electrons. The molecule has 0 atom stereocenters. The van der Waals surface area contributed by atoms with E-state index in [0.717, 1.165) is 10.9 Å². The predicted molar refractivity (Wildman–Crippen MR) is 98.2 cm³/mol.